The molecule has 0 aromatic heterocycles. The summed E-state index contributed by atoms with van der Waals surface area (Å²) in [5.74, 6) is -0.127. The predicted molar refractivity (Wildman–Crippen MR) is 91.9 cm³/mol. The van der Waals surface area contributed by atoms with Gasteiger partial charge in [0.1, 0.15) is 0 Å². The van der Waals surface area contributed by atoms with E-state index in [1.807, 2.05) is 0 Å². The van der Waals surface area contributed by atoms with Gasteiger partial charge in [0.25, 0.3) is 0 Å². The van der Waals surface area contributed by atoms with E-state index in [4.69, 9.17) is 34.8 Å². The van der Waals surface area contributed by atoms with Crippen LogP contribution in [0, 0.1) is 0 Å². The van der Waals surface area contributed by atoms with Crippen molar-refractivity contribution in [3.63, 3.8) is 0 Å². The number of nitrogens with one attached hydrogen (secondary N) is 1. The first kappa shape index (κ1) is 16.5. The summed E-state index contributed by atoms with van der Waals surface area (Å²) in [5.41, 5.74) is 0.696. The highest BCUT2D eigenvalue weighted by molar-refractivity contribution is 8.00. The van der Waals surface area contributed by atoms with E-state index in [-0.39, 0.29) is 11.2 Å². The van der Waals surface area contributed by atoms with Gasteiger partial charge in [0.2, 0.25) is 5.91 Å². The number of anilines is 1. The molecule has 0 unspecified atom stereocenters. The van der Waals surface area contributed by atoms with E-state index in [9.17, 15) is 4.79 Å². The SMILES string of the molecule is C[C@H](Sc1c(Cl)cccc1Cl)C(=O)Nc1ccc(Cl)cc1. The average molecular weight is 361 g/mol. The van der Waals surface area contributed by atoms with Crippen LogP contribution < -0.4 is 5.32 Å². The highest BCUT2D eigenvalue weighted by Gasteiger charge is 2.17. The molecule has 0 aliphatic heterocycles. The van der Waals surface area contributed by atoms with Gasteiger partial charge in [-0.25, -0.2) is 0 Å². The molecule has 2 aromatic rings. The van der Waals surface area contributed by atoms with Gasteiger partial charge in [-0.1, -0.05) is 40.9 Å². The molecule has 0 heterocycles. The molecule has 0 bridgehead atoms. The summed E-state index contributed by atoms with van der Waals surface area (Å²) in [5, 5.41) is 4.19. The number of amides is 1. The van der Waals surface area contributed by atoms with Gasteiger partial charge in [-0.3, -0.25) is 4.79 Å². The van der Waals surface area contributed by atoms with Crippen molar-refractivity contribution in [3.8, 4) is 0 Å². The van der Waals surface area contributed by atoms with Crippen molar-refractivity contribution in [2.75, 3.05) is 5.32 Å². The molecule has 2 nitrogen and oxygen atoms in total. The maximum absolute atomic E-state index is 12.2. The fourth-order valence-electron chi connectivity index (χ4n) is 1.60. The number of rotatable bonds is 4. The zero-order chi connectivity index (χ0) is 15.4. The summed E-state index contributed by atoms with van der Waals surface area (Å²) in [6, 6.07) is 12.2. The minimum absolute atomic E-state index is 0.127. The van der Waals surface area contributed by atoms with Crippen LogP contribution in [0.5, 0.6) is 0 Å². The Bertz CT molecular complexity index is 626. The molecule has 0 saturated heterocycles. The van der Waals surface area contributed by atoms with E-state index in [2.05, 4.69) is 5.32 Å². The molecular weight excluding hydrogens is 349 g/mol. The van der Waals surface area contributed by atoms with E-state index in [1.165, 1.54) is 11.8 Å². The van der Waals surface area contributed by atoms with E-state index in [1.54, 1.807) is 49.4 Å². The van der Waals surface area contributed by atoms with E-state index in [0.29, 0.717) is 25.7 Å². The second-order valence-electron chi connectivity index (χ2n) is 4.31. The molecule has 0 aliphatic rings. The smallest absolute Gasteiger partial charge is 0.237 e. The molecule has 0 radical (unpaired) electrons. The number of hydrogen-bond acceptors (Lipinski definition) is 2. The summed E-state index contributed by atoms with van der Waals surface area (Å²) < 4.78 is 0. The van der Waals surface area contributed by atoms with Crippen LogP contribution in [0.4, 0.5) is 5.69 Å². The van der Waals surface area contributed by atoms with Crippen molar-refractivity contribution in [1.82, 2.24) is 0 Å². The van der Waals surface area contributed by atoms with E-state index >= 15 is 0 Å². The normalized spacial score (nSPS) is 12.0. The minimum Gasteiger partial charge on any atom is -0.325 e. The van der Waals surface area contributed by atoms with Gasteiger partial charge >= 0.3 is 0 Å². The lowest BCUT2D eigenvalue weighted by Crippen LogP contribution is -2.22. The monoisotopic (exact) mass is 359 g/mol. The standard InChI is InChI=1S/C15H12Cl3NOS/c1-9(21-14-12(17)3-2-4-13(14)18)15(20)19-11-7-5-10(16)6-8-11/h2-9H,1H3,(H,19,20)/t9-/m0/s1. The van der Waals surface area contributed by atoms with Crippen molar-refractivity contribution >= 4 is 58.2 Å². The third-order valence-electron chi connectivity index (χ3n) is 2.69. The number of hydrogen-bond donors (Lipinski definition) is 1. The second-order valence-corrected chi connectivity index (χ2v) is 6.91. The quantitative estimate of drug-likeness (QED) is 0.702. The van der Waals surface area contributed by atoms with Crippen molar-refractivity contribution < 1.29 is 4.79 Å². The molecule has 21 heavy (non-hydrogen) atoms. The second kappa shape index (κ2) is 7.41. The highest BCUT2D eigenvalue weighted by Crippen LogP contribution is 2.36. The van der Waals surface area contributed by atoms with Gasteiger partial charge in [0, 0.05) is 15.6 Å². The molecule has 0 saturated carbocycles. The zero-order valence-corrected chi connectivity index (χ0v) is 14.2. The van der Waals surface area contributed by atoms with Crippen LogP contribution in [0.2, 0.25) is 15.1 Å². The first-order valence-corrected chi connectivity index (χ1v) is 8.16. The van der Waals surface area contributed by atoms with Gasteiger partial charge in [0.15, 0.2) is 0 Å². The Morgan fingerprint density at radius 1 is 1.05 bits per heavy atom. The van der Waals surface area contributed by atoms with Crippen molar-refractivity contribution in [3.05, 3.63) is 57.5 Å². The summed E-state index contributed by atoms with van der Waals surface area (Å²) in [6.07, 6.45) is 0. The molecule has 0 fully saturated rings. The molecule has 2 aromatic carbocycles. The first-order valence-electron chi connectivity index (χ1n) is 6.14. The largest absolute Gasteiger partial charge is 0.325 e. The Kier molecular flexibility index (Phi) is 5.82. The lowest BCUT2D eigenvalue weighted by Gasteiger charge is -2.14. The fourth-order valence-corrected chi connectivity index (χ4v) is 3.27. The maximum atomic E-state index is 12.2. The lowest BCUT2D eigenvalue weighted by atomic mass is 10.3. The zero-order valence-electron chi connectivity index (χ0n) is 11.1. The molecule has 110 valence electrons. The lowest BCUT2D eigenvalue weighted by molar-refractivity contribution is -0.115. The Labute approximate surface area is 142 Å². The van der Waals surface area contributed by atoms with E-state index in [0.717, 1.165) is 0 Å². The van der Waals surface area contributed by atoms with Crippen LogP contribution >= 0.6 is 46.6 Å². The van der Waals surface area contributed by atoms with Crippen molar-refractivity contribution in [2.24, 2.45) is 0 Å². The Morgan fingerprint density at radius 2 is 1.62 bits per heavy atom. The average Bonchev–Trinajstić information content (AvgIpc) is 2.45. The summed E-state index contributed by atoms with van der Waals surface area (Å²) in [6.45, 7) is 1.80. The van der Waals surface area contributed by atoms with Gasteiger partial charge < -0.3 is 5.32 Å². The van der Waals surface area contributed by atoms with Gasteiger partial charge in [0.05, 0.1) is 15.3 Å². The third-order valence-corrected chi connectivity index (χ3v) is 5.04. The molecule has 0 spiro atoms. The summed E-state index contributed by atoms with van der Waals surface area (Å²) in [4.78, 5) is 12.9. The Morgan fingerprint density at radius 3 is 2.19 bits per heavy atom. The number of benzene rings is 2. The number of carbonyl (C=O) groups excluding carboxylic acids is 1. The van der Waals surface area contributed by atoms with Crippen LogP contribution in [0.1, 0.15) is 6.92 Å². The number of carbonyl (C=O) groups is 1. The minimum atomic E-state index is -0.335. The van der Waals surface area contributed by atoms with Crippen LogP contribution in [-0.2, 0) is 4.79 Å². The predicted octanol–water partition coefficient (Wildman–Crippen LogP) is 5.77. The maximum Gasteiger partial charge on any atom is 0.237 e. The topological polar surface area (TPSA) is 29.1 Å². The van der Waals surface area contributed by atoms with Gasteiger partial charge in [-0.2, -0.15) is 0 Å². The number of halogens is 3. The molecule has 2 rings (SSSR count). The van der Waals surface area contributed by atoms with Crippen LogP contribution in [0.25, 0.3) is 0 Å². The third kappa shape index (κ3) is 4.55. The number of thioether (sulfide) groups is 1. The van der Waals surface area contributed by atoms with Gasteiger partial charge in [-0.05, 0) is 43.3 Å². The molecule has 1 N–H and O–H groups in total. The Hall–Kier alpha value is -0.870. The van der Waals surface area contributed by atoms with Crippen LogP contribution in [0.15, 0.2) is 47.4 Å². The molecule has 0 aliphatic carbocycles. The summed E-state index contributed by atoms with van der Waals surface area (Å²) in [7, 11) is 0. The van der Waals surface area contributed by atoms with Crippen LogP contribution in [-0.4, -0.2) is 11.2 Å². The van der Waals surface area contributed by atoms with Crippen molar-refractivity contribution in [1.29, 1.82) is 0 Å². The Balaban J connectivity index is 2.04. The molecule has 1 amide bonds. The van der Waals surface area contributed by atoms with Crippen molar-refractivity contribution in [2.45, 2.75) is 17.1 Å². The highest BCUT2D eigenvalue weighted by atomic mass is 35.5. The molecular formula is C15H12Cl3NOS. The fraction of sp³-hybridized carbons (Fsp3) is 0.133. The summed E-state index contributed by atoms with van der Waals surface area (Å²) >= 11 is 19.3. The molecule has 1 atom stereocenters. The van der Waals surface area contributed by atoms with Crippen LogP contribution in [0.3, 0.4) is 0 Å². The van der Waals surface area contributed by atoms with E-state index < -0.39 is 0 Å². The molecule has 6 heteroatoms. The van der Waals surface area contributed by atoms with Gasteiger partial charge in [-0.15, -0.1) is 11.8 Å². The first-order chi connectivity index (χ1) is 9.97.